The molecule has 1 rings (SSSR count). The molecular formula is C6H5NOS. The number of hydrogen-bond acceptors (Lipinski definition) is 3. The molecule has 1 N–H and O–H groups in total. The standard InChI is InChI=1S/C6H5NOS/c1-2-5(8)6-7-3-4-9-6/h1,3-5,8H/t5-/m0/s1. The van der Waals surface area contributed by atoms with Crippen LogP contribution in [0.15, 0.2) is 11.6 Å². The number of aromatic nitrogens is 1. The molecule has 0 bridgehead atoms. The van der Waals surface area contributed by atoms with Crippen LogP contribution in [0.4, 0.5) is 0 Å². The van der Waals surface area contributed by atoms with E-state index >= 15 is 0 Å². The van der Waals surface area contributed by atoms with Crippen LogP contribution in [-0.4, -0.2) is 10.1 Å². The summed E-state index contributed by atoms with van der Waals surface area (Å²) in [6.45, 7) is 0. The Morgan fingerprint density at radius 1 is 1.89 bits per heavy atom. The number of nitrogens with zero attached hydrogens (tertiary/aromatic N) is 1. The van der Waals surface area contributed by atoms with Gasteiger partial charge in [-0.05, 0) is 0 Å². The highest BCUT2D eigenvalue weighted by molar-refractivity contribution is 7.09. The van der Waals surface area contributed by atoms with Crippen molar-refractivity contribution in [1.29, 1.82) is 0 Å². The molecule has 2 nitrogen and oxygen atoms in total. The van der Waals surface area contributed by atoms with E-state index in [4.69, 9.17) is 11.5 Å². The zero-order valence-corrected chi connectivity index (χ0v) is 5.43. The zero-order valence-electron chi connectivity index (χ0n) is 4.61. The van der Waals surface area contributed by atoms with Crippen molar-refractivity contribution in [2.24, 2.45) is 0 Å². The van der Waals surface area contributed by atoms with Gasteiger partial charge in [-0.25, -0.2) is 4.98 Å². The molecular weight excluding hydrogens is 134 g/mol. The van der Waals surface area contributed by atoms with E-state index < -0.39 is 6.10 Å². The molecule has 0 amide bonds. The van der Waals surface area contributed by atoms with Gasteiger partial charge < -0.3 is 5.11 Å². The van der Waals surface area contributed by atoms with Crippen LogP contribution in [0.5, 0.6) is 0 Å². The highest BCUT2D eigenvalue weighted by Gasteiger charge is 2.03. The molecule has 0 fully saturated rings. The molecule has 1 atom stereocenters. The molecule has 3 heteroatoms. The van der Waals surface area contributed by atoms with Gasteiger partial charge in [-0.15, -0.1) is 17.8 Å². The third-order valence-corrected chi connectivity index (χ3v) is 1.67. The molecule has 0 saturated heterocycles. The summed E-state index contributed by atoms with van der Waals surface area (Å²) in [6.07, 6.45) is 5.71. The minimum absolute atomic E-state index is 0.581. The van der Waals surface area contributed by atoms with Gasteiger partial charge in [-0.1, -0.05) is 5.92 Å². The van der Waals surface area contributed by atoms with Gasteiger partial charge in [-0.2, -0.15) is 0 Å². The summed E-state index contributed by atoms with van der Waals surface area (Å²) in [5.41, 5.74) is 0. The number of hydrogen-bond donors (Lipinski definition) is 1. The fraction of sp³-hybridized carbons (Fsp3) is 0.167. The second-order valence-corrected chi connectivity index (χ2v) is 2.37. The first kappa shape index (κ1) is 6.27. The topological polar surface area (TPSA) is 33.1 Å². The Hall–Kier alpha value is -0.850. The predicted molar refractivity (Wildman–Crippen MR) is 35.9 cm³/mol. The molecule has 0 aliphatic carbocycles. The summed E-state index contributed by atoms with van der Waals surface area (Å²) in [7, 11) is 0. The van der Waals surface area contributed by atoms with Gasteiger partial charge >= 0.3 is 0 Å². The van der Waals surface area contributed by atoms with Crippen molar-refractivity contribution in [1.82, 2.24) is 4.98 Å². The van der Waals surface area contributed by atoms with Crippen molar-refractivity contribution >= 4 is 11.3 Å². The van der Waals surface area contributed by atoms with Gasteiger partial charge in [0.25, 0.3) is 0 Å². The monoisotopic (exact) mass is 139 g/mol. The molecule has 1 aromatic rings. The highest BCUT2D eigenvalue weighted by atomic mass is 32.1. The Bertz CT molecular complexity index is 211. The van der Waals surface area contributed by atoms with Crippen LogP contribution in [0.3, 0.4) is 0 Å². The lowest BCUT2D eigenvalue weighted by molar-refractivity contribution is 0.238. The number of aliphatic hydroxyl groups is 1. The van der Waals surface area contributed by atoms with Crippen molar-refractivity contribution in [3.8, 4) is 12.3 Å². The Balaban J connectivity index is 2.80. The Morgan fingerprint density at radius 2 is 2.67 bits per heavy atom. The largest absolute Gasteiger partial charge is 0.374 e. The van der Waals surface area contributed by atoms with Crippen LogP contribution < -0.4 is 0 Å². The minimum Gasteiger partial charge on any atom is -0.374 e. The summed E-state index contributed by atoms with van der Waals surface area (Å²) in [5.74, 6) is 2.17. The first-order valence-corrected chi connectivity index (χ1v) is 3.26. The van der Waals surface area contributed by atoms with Crippen molar-refractivity contribution in [2.45, 2.75) is 6.10 Å². The first-order chi connectivity index (χ1) is 4.34. The fourth-order valence-electron chi connectivity index (χ4n) is 0.441. The highest BCUT2D eigenvalue weighted by Crippen LogP contribution is 2.13. The average molecular weight is 139 g/mol. The molecule has 0 saturated carbocycles. The van der Waals surface area contributed by atoms with E-state index in [9.17, 15) is 0 Å². The SMILES string of the molecule is C#C[C@H](O)c1nccs1. The van der Waals surface area contributed by atoms with Gasteiger partial charge in [0.05, 0.1) is 0 Å². The molecule has 0 aliphatic heterocycles. The van der Waals surface area contributed by atoms with E-state index in [1.807, 2.05) is 0 Å². The predicted octanol–water partition coefficient (Wildman–Crippen LogP) is 0.810. The normalized spacial score (nSPS) is 12.4. The van der Waals surface area contributed by atoms with Crippen molar-refractivity contribution < 1.29 is 5.11 Å². The molecule has 1 heterocycles. The lowest BCUT2D eigenvalue weighted by Crippen LogP contribution is -1.89. The van der Waals surface area contributed by atoms with E-state index in [2.05, 4.69) is 10.9 Å². The Kier molecular flexibility index (Phi) is 1.83. The molecule has 0 spiro atoms. The maximum atomic E-state index is 8.93. The number of rotatable bonds is 1. The fourth-order valence-corrected chi connectivity index (χ4v) is 1.02. The molecule has 0 aromatic carbocycles. The summed E-state index contributed by atoms with van der Waals surface area (Å²) in [5, 5.41) is 11.3. The van der Waals surface area contributed by atoms with Crippen LogP contribution >= 0.6 is 11.3 Å². The van der Waals surface area contributed by atoms with E-state index in [1.165, 1.54) is 11.3 Å². The van der Waals surface area contributed by atoms with E-state index in [0.29, 0.717) is 5.01 Å². The Morgan fingerprint density at radius 3 is 3.11 bits per heavy atom. The van der Waals surface area contributed by atoms with Gasteiger partial charge in [0, 0.05) is 11.6 Å². The summed E-state index contributed by atoms with van der Waals surface area (Å²) >= 11 is 1.35. The molecule has 0 radical (unpaired) electrons. The van der Waals surface area contributed by atoms with E-state index in [0.717, 1.165) is 0 Å². The third kappa shape index (κ3) is 1.28. The quantitative estimate of drug-likeness (QED) is 0.584. The molecule has 9 heavy (non-hydrogen) atoms. The summed E-state index contributed by atoms with van der Waals surface area (Å²) in [4.78, 5) is 3.81. The van der Waals surface area contributed by atoms with Crippen LogP contribution in [0, 0.1) is 12.3 Å². The van der Waals surface area contributed by atoms with Gasteiger partial charge in [-0.3, -0.25) is 0 Å². The minimum atomic E-state index is -0.829. The maximum absolute atomic E-state index is 8.93. The van der Waals surface area contributed by atoms with Crippen molar-refractivity contribution in [3.63, 3.8) is 0 Å². The number of terminal acetylenes is 1. The third-order valence-electron chi connectivity index (χ3n) is 0.843. The lowest BCUT2D eigenvalue weighted by Gasteiger charge is -1.93. The molecule has 0 aliphatic rings. The molecule has 46 valence electrons. The van der Waals surface area contributed by atoms with Crippen LogP contribution in [-0.2, 0) is 0 Å². The van der Waals surface area contributed by atoms with Crippen LogP contribution in [0.2, 0.25) is 0 Å². The van der Waals surface area contributed by atoms with Crippen molar-refractivity contribution in [3.05, 3.63) is 16.6 Å². The summed E-state index contributed by atoms with van der Waals surface area (Å²) < 4.78 is 0. The second-order valence-electron chi connectivity index (χ2n) is 1.44. The Labute approximate surface area is 57.2 Å². The summed E-state index contributed by atoms with van der Waals surface area (Å²) in [6, 6.07) is 0. The van der Waals surface area contributed by atoms with E-state index in [1.54, 1.807) is 11.6 Å². The van der Waals surface area contributed by atoms with Crippen molar-refractivity contribution in [2.75, 3.05) is 0 Å². The first-order valence-electron chi connectivity index (χ1n) is 2.38. The molecule has 0 unspecified atom stereocenters. The van der Waals surface area contributed by atoms with Gasteiger partial charge in [0.2, 0.25) is 0 Å². The second kappa shape index (κ2) is 2.62. The number of aliphatic hydroxyl groups excluding tert-OH is 1. The van der Waals surface area contributed by atoms with Crippen LogP contribution in [0.1, 0.15) is 11.1 Å². The average Bonchev–Trinajstić information content (AvgIpc) is 2.37. The molecule has 1 aromatic heterocycles. The van der Waals surface area contributed by atoms with Crippen LogP contribution in [0.25, 0.3) is 0 Å². The lowest BCUT2D eigenvalue weighted by atomic mass is 10.4. The van der Waals surface area contributed by atoms with Gasteiger partial charge in [0.15, 0.2) is 6.10 Å². The van der Waals surface area contributed by atoms with E-state index in [-0.39, 0.29) is 0 Å². The smallest absolute Gasteiger partial charge is 0.166 e. The maximum Gasteiger partial charge on any atom is 0.166 e. The zero-order chi connectivity index (χ0) is 6.69. The van der Waals surface area contributed by atoms with Gasteiger partial charge in [0.1, 0.15) is 5.01 Å². The number of thiazole rings is 1.